The fourth-order valence-electron chi connectivity index (χ4n) is 2.76. The van der Waals surface area contributed by atoms with E-state index in [0.717, 1.165) is 18.3 Å². The summed E-state index contributed by atoms with van der Waals surface area (Å²) in [6.45, 7) is 1.69. The fourth-order valence-corrected chi connectivity index (χ4v) is 2.76. The zero-order valence-corrected chi connectivity index (χ0v) is 11.5. The van der Waals surface area contributed by atoms with Crippen LogP contribution in [0.3, 0.4) is 0 Å². The highest BCUT2D eigenvalue weighted by Crippen LogP contribution is 2.33. The van der Waals surface area contributed by atoms with E-state index < -0.39 is 23.5 Å². The summed E-state index contributed by atoms with van der Waals surface area (Å²) in [5.74, 6) is -1.30. The van der Waals surface area contributed by atoms with Crippen molar-refractivity contribution in [2.75, 3.05) is 0 Å². The largest absolute Gasteiger partial charge is 0.369 e. The summed E-state index contributed by atoms with van der Waals surface area (Å²) in [4.78, 5) is 15.6. The average Bonchev–Trinajstić information content (AvgIpc) is 2.95. The molecule has 0 radical (unpaired) electrons. The number of rotatable bonds is 3. The Labute approximate surface area is 120 Å². The molecule has 21 heavy (non-hydrogen) atoms. The van der Waals surface area contributed by atoms with Gasteiger partial charge in [-0.2, -0.15) is 0 Å². The van der Waals surface area contributed by atoms with Crippen molar-refractivity contribution >= 4 is 5.91 Å². The van der Waals surface area contributed by atoms with Gasteiger partial charge in [0.15, 0.2) is 0 Å². The Morgan fingerprint density at radius 2 is 2.05 bits per heavy atom. The first-order valence-corrected chi connectivity index (χ1v) is 6.78. The molecule has 1 amide bonds. The first kappa shape index (κ1) is 13.7. The summed E-state index contributed by atoms with van der Waals surface area (Å²) >= 11 is 0. The summed E-state index contributed by atoms with van der Waals surface area (Å²) in [6, 6.07) is 3.36. The van der Waals surface area contributed by atoms with Gasteiger partial charge in [-0.25, -0.2) is 13.8 Å². The highest BCUT2D eigenvalue weighted by atomic mass is 19.1. The number of benzene rings is 1. The first-order valence-electron chi connectivity index (χ1n) is 6.78. The second-order valence-electron chi connectivity index (χ2n) is 5.37. The number of aryl methyl sites for hydroxylation is 1. The lowest BCUT2D eigenvalue weighted by molar-refractivity contribution is -0.119. The highest BCUT2D eigenvalue weighted by Gasteiger charge is 2.28. The molecule has 0 saturated carbocycles. The van der Waals surface area contributed by atoms with Crippen molar-refractivity contribution in [2.24, 2.45) is 5.73 Å². The number of carbonyl (C=O) groups excluding carboxylic acids is 1. The van der Waals surface area contributed by atoms with Gasteiger partial charge in [0.2, 0.25) is 5.91 Å². The number of carbonyl (C=O) groups is 1. The van der Waals surface area contributed by atoms with Gasteiger partial charge in [-0.15, -0.1) is 0 Å². The smallest absolute Gasteiger partial charge is 0.226 e. The van der Waals surface area contributed by atoms with E-state index in [2.05, 4.69) is 4.98 Å². The van der Waals surface area contributed by atoms with Crippen LogP contribution in [-0.4, -0.2) is 15.5 Å². The third-order valence-electron chi connectivity index (χ3n) is 3.94. The number of amides is 1. The molecule has 1 aromatic carbocycles. The molecule has 2 heterocycles. The number of fused-ring (bicyclic) bond motifs is 1. The van der Waals surface area contributed by atoms with Crippen LogP contribution in [0.4, 0.5) is 8.78 Å². The van der Waals surface area contributed by atoms with Crippen LogP contribution in [0.5, 0.6) is 0 Å². The van der Waals surface area contributed by atoms with Crippen LogP contribution < -0.4 is 5.73 Å². The van der Waals surface area contributed by atoms with Gasteiger partial charge in [0, 0.05) is 18.7 Å². The second-order valence-corrected chi connectivity index (χ2v) is 5.37. The summed E-state index contributed by atoms with van der Waals surface area (Å²) < 4.78 is 28.6. The summed E-state index contributed by atoms with van der Waals surface area (Å²) in [5, 5.41) is 0. The van der Waals surface area contributed by atoms with Crippen molar-refractivity contribution in [1.29, 1.82) is 0 Å². The van der Waals surface area contributed by atoms with Gasteiger partial charge in [-0.1, -0.05) is 0 Å². The van der Waals surface area contributed by atoms with Crippen molar-refractivity contribution in [2.45, 2.75) is 31.7 Å². The topological polar surface area (TPSA) is 60.9 Å². The van der Waals surface area contributed by atoms with E-state index in [4.69, 9.17) is 5.73 Å². The van der Waals surface area contributed by atoms with Gasteiger partial charge < -0.3 is 10.3 Å². The van der Waals surface area contributed by atoms with Crippen LogP contribution in [-0.2, 0) is 11.2 Å². The monoisotopic (exact) mass is 291 g/mol. The van der Waals surface area contributed by atoms with Crippen LogP contribution in [0.2, 0.25) is 0 Å². The summed E-state index contributed by atoms with van der Waals surface area (Å²) in [5.41, 5.74) is 6.45. The van der Waals surface area contributed by atoms with Gasteiger partial charge in [-0.3, -0.25) is 4.79 Å². The van der Waals surface area contributed by atoms with Gasteiger partial charge in [-0.05, 0) is 31.0 Å². The van der Waals surface area contributed by atoms with E-state index in [-0.39, 0.29) is 6.04 Å². The zero-order chi connectivity index (χ0) is 15.1. The van der Waals surface area contributed by atoms with E-state index in [9.17, 15) is 13.6 Å². The maximum absolute atomic E-state index is 13.4. The van der Waals surface area contributed by atoms with E-state index in [1.54, 1.807) is 13.1 Å². The number of hydrogen-bond acceptors (Lipinski definition) is 2. The van der Waals surface area contributed by atoms with Crippen molar-refractivity contribution in [3.05, 3.63) is 53.1 Å². The van der Waals surface area contributed by atoms with Crippen LogP contribution in [0.15, 0.2) is 24.4 Å². The fraction of sp³-hybridized carbons (Fsp3) is 0.333. The molecule has 6 heteroatoms. The number of primary amides is 1. The van der Waals surface area contributed by atoms with Gasteiger partial charge >= 0.3 is 0 Å². The molecular formula is C15H15F2N3O. The Balaban J connectivity index is 1.98. The SMILES string of the molecule is CC(C(N)=O)c1cn2c(n1)CC[C@@H]2c1cc(F)cc(F)c1. The van der Waals surface area contributed by atoms with Crippen molar-refractivity contribution in [3.63, 3.8) is 0 Å². The number of imidazole rings is 1. The van der Waals surface area contributed by atoms with Crippen molar-refractivity contribution in [1.82, 2.24) is 9.55 Å². The number of halogens is 2. The molecule has 0 spiro atoms. The molecule has 0 aliphatic carbocycles. The molecule has 110 valence electrons. The first-order chi connectivity index (χ1) is 9.95. The molecule has 2 atom stereocenters. The van der Waals surface area contributed by atoms with Gasteiger partial charge in [0.05, 0.1) is 17.7 Å². The average molecular weight is 291 g/mol. The molecule has 1 aromatic heterocycles. The minimum Gasteiger partial charge on any atom is -0.369 e. The lowest BCUT2D eigenvalue weighted by Crippen LogP contribution is -2.19. The van der Waals surface area contributed by atoms with Gasteiger partial charge in [0.1, 0.15) is 17.5 Å². The van der Waals surface area contributed by atoms with Crippen molar-refractivity contribution in [3.8, 4) is 0 Å². The molecular weight excluding hydrogens is 276 g/mol. The Morgan fingerprint density at radius 3 is 2.67 bits per heavy atom. The lowest BCUT2D eigenvalue weighted by Gasteiger charge is -2.14. The third-order valence-corrected chi connectivity index (χ3v) is 3.94. The quantitative estimate of drug-likeness (QED) is 0.943. The molecule has 4 nitrogen and oxygen atoms in total. The van der Waals surface area contributed by atoms with Crippen LogP contribution in [0.25, 0.3) is 0 Å². The number of hydrogen-bond donors (Lipinski definition) is 1. The minimum atomic E-state index is -0.593. The van der Waals surface area contributed by atoms with E-state index in [0.29, 0.717) is 17.7 Å². The number of aromatic nitrogens is 2. The molecule has 0 fully saturated rings. The summed E-state index contributed by atoms with van der Waals surface area (Å²) in [6.07, 6.45) is 3.19. The van der Waals surface area contributed by atoms with E-state index >= 15 is 0 Å². The normalized spacial score (nSPS) is 18.5. The Hall–Kier alpha value is -2.24. The zero-order valence-electron chi connectivity index (χ0n) is 11.5. The van der Waals surface area contributed by atoms with Crippen LogP contribution in [0, 0.1) is 11.6 Å². The number of nitrogens with zero attached hydrogens (tertiary/aromatic N) is 2. The molecule has 3 rings (SSSR count). The predicted molar refractivity (Wildman–Crippen MR) is 72.7 cm³/mol. The summed E-state index contributed by atoms with van der Waals surface area (Å²) in [7, 11) is 0. The molecule has 0 saturated heterocycles. The molecule has 0 bridgehead atoms. The van der Waals surface area contributed by atoms with Crippen LogP contribution in [0.1, 0.15) is 42.4 Å². The predicted octanol–water partition coefficient (Wildman–Crippen LogP) is 2.29. The van der Waals surface area contributed by atoms with Gasteiger partial charge in [0.25, 0.3) is 0 Å². The van der Waals surface area contributed by atoms with E-state index in [1.807, 2.05) is 4.57 Å². The molecule has 2 N–H and O–H groups in total. The second kappa shape index (κ2) is 4.95. The molecule has 1 unspecified atom stereocenters. The number of nitrogens with two attached hydrogens (primary N) is 1. The van der Waals surface area contributed by atoms with Crippen LogP contribution >= 0.6 is 0 Å². The lowest BCUT2D eigenvalue weighted by atomic mass is 10.0. The Morgan fingerprint density at radius 1 is 1.38 bits per heavy atom. The third kappa shape index (κ3) is 2.41. The molecule has 1 aliphatic heterocycles. The standard InChI is InChI=1S/C15H15F2N3O/c1-8(15(18)21)12-7-20-13(2-3-14(20)19-12)9-4-10(16)6-11(17)5-9/h4-8,13H,2-3H2,1H3,(H2,18,21)/t8?,13-/m1/s1. The molecule has 2 aromatic rings. The molecule has 1 aliphatic rings. The van der Waals surface area contributed by atoms with Crippen molar-refractivity contribution < 1.29 is 13.6 Å². The minimum absolute atomic E-state index is 0.161. The maximum Gasteiger partial charge on any atom is 0.226 e. The Kier molecular flexibility index (Phi) is 3.23. The maximum atomic E-state index is 13.4. The Bertz CT molecular complexity index is 691. The highest BCUT2D eigenvalue weighted by molar-refractivity contribution is 5.80. The van der Waals surface area contributed by atoms with E-state index in [1.165, 1.54) is 12.1 Å².